The highest BCUT2D eigenvalue weighted by Crippen LogP contribution is 2.29. The van der Waals surface area contributed by atoms with Crippen LogP contribution in [0.3, 0.4) is 0 Å². The van der Waals surface area contributed by atoms with E-state index >= 15 is 0 Å². The zero-order valence-corrected chi connectivity index (χ0v) is 11.6. The number of para-hydroxylation sites is 2. The second kappa shape index (κ2) is 5.29. The summed E-state index contributed by atoms with van der Waals surface area (Å²) in [5.74, 6) is 0.287. The third-order valence-corrected chi connectivity index (χ3v) is 3.41. The average molecular weight is 277 g/mol. The summed E-state index contributed by atoms with van der Waals surface area (Å²) in [6, 6.07) is 16.4. The van der Waals surface area contributed by atoms with Crippen molar-refractivity contribution >= 4 is 22.7 Å². The fourth-order valence-corrected chi connectivity index (χ4v) is 2.30. The van der Waals surface area contributed by atoms with Gasteiger partial charge < -0.3 is 10.2 Å². The van der Waals surface area contributed by atoms with Crippen molar-refractivity contribution < 1.29 is 10.2 Å². The predicted molar refractivity (Wildman–Crippen MR) is 85.7 cm³/mol. The number of benzene rings is 3. The zero-order valence-electron chi connectivity index (χ0n) is 11.6. The van der Waals surface area contributed by atoms with E-state index in [-0.39, 0.29) is 11.5 Å². The van der Waals surface area contributed by atoms with Gasteiger partial charge in [0.2, 0.25) is 0 Å². The van der Waals surface area contributed by atoms with Gasteiger partial charge in [-0.15, -0.1) is 0 Å². The lowest BCUT2D eigenvalue weighted by molar-refractivity contribution is 0.474. The first-order chi connectivity index (χ1) is 10.1. The van der Waals surface area contributed by atoms with Crippen molar-refractivity contribution in [2.75, 3.05) is 0 Å². The van der Waals surface area contributed by atoms with E-state index < -0.39 is 0 Å². The Kier molecular flexibility index (Phi) is 3.32. The van der Waals surface area contributed by atoms with Gasteiger partial charge in [0.15, 0.2) is 0 Å². The van der Waals surface area contributed by atoms with Gasteiger partial charge in [0.1, 0.15) is 17.2 Å². The van der Waals surface area contributed by atoms with Crippen LogP contribution in [-0.4, -0.2) is 16.4 Å². The Morgan fingerprint density at radius 1 is 0.905 bits per heavy atom. The standard InChI is InChI=1S/C18H15NO2/c1-12-6-8-14-13(10-12)7-9-17(20)15(14)11-19-16-4-2-3-5-18(16)21/h2-11,20-21H,1H3. The van der Waals surface area contributed by atoms with E-state index in [0.717, 1.165) is 16.3 Å². The molecule has 0 aromatic heterocycles. The number of phenolic OH excluding ortho intramolecular Hbond substituents is 2. The number of phenols is 2. The highest BCUT2D eigenvalue weighted by Gasteiger charge is 2.05. The maximum Gasteiger partial charge on any atom is 0.141 e. The summed E-state index contributed by atoms with van der Waals surface area (Å²) in [4.78, 5) is 4.27. The molecule has 0 bridgehead atoms. The first-order valence-electron chi connectivity index (χ1n) is 6.69. The van der Waals surface area contributed by atoms with Crippen LogP contribution in [0.1, 0.15) is 11.1 Å². The van der Waals surface area contributed by atoms with E-state index in [9.17, 15) is 10.2 Å². The topological polar surface area (TPSA) is 52.8 Å². The highest BCUT2D eigenvalue weighted by atomic mass is 16.3. The smallest absolute Gasteiger partial charge is 0.141 e. The molecule has 0 spiro atoms. The minimum atomic E-state index is 0.115. The predicted octanol–water partition coefficient (Wildman–Crippen LogP) is 4.31. The molecule has 104 valence electrons. The summed E-state index contributed by atoms with van der Waals surface area (Å²) < 4.78 is 0. The zero-order chi connectivity index (χ0) is 14.8. The van der Waals surface area contributed by atoms with Gasteiger partial charge in [0.25, 0.3) is 0 Å². The maximum absolute atomic E-state index is 10.1. The minimum absolute atomic E-state index is 0.115. The Hall–Kier alpha value is -2.81. The summed E-state index contributed by atoms with van der Waals surface area (Å²) in [5, 5.41) is 21.8. The normalized spacial score (nSPS) is 11.3. The molecule has 0 heterocycles. The quantitative estimate of drug-likeness (QED) is 0.686. The van der Waals surface area contributed by atoms with Gasteiger partial charge in [-0.2, -0.15) is 0 Å². The lowest BCUT2D eigenvalue weighted by Gasteiger charge is -2.06. The van der Waals surface area contributed by atoms with Crippen molar-refractivity contribution in [3.63, 3.8) is 0 Å². The summed E-state index contributed by atoms with van der Waals surface area (Å²) in [5.41, 5.74) is 2.29. The van der Waals surface area contributed by atoms with Crippen LogP contribution in [0.5, 0.6) is 11.5 Å². The van der Waals surface area contributed by atoms with E-state index in [2.05, 4.69) is 11.1 Å². The van der Waals surface area contributed by atoms with Gasteiger partial charge in [-0.3, -0.25) is 4.99 Å². The van der Waals surface area contributed by atoms with E-state index in [1.807, 2.05) is 25.1 Å². The van der Waals surface area contributed by atoms with Gasteiger partial charge in [-0.1, -0.05) is 42.0 Å². The Balaban J connectivity index is 2.12. The second-order valence-electron chi connectivity index (χ2n) is 4.97. The second-order valence-corrected chi connectivity index (χ2v) is 4.97. The number of hydrogen-bond acceptors (Lipinski definition) is 3. The molecular formula is C18H15NO2. The molecule has 3 aromatic carbocycles. The summed E-state index contributed by atoms with van der Waals surface area (Å²) in [6.07, 6.45) is 1.59. The molecule has 0 aliphatic rings. The average Bonchev–Trinajstić information content (AvgIpc) is 2.48. The van der Waals surface area contributed by atoms with Crippen LogP contribution in [0.25, 0.3) is 10.8 Å². The first-order valence-corrected chi connectivity index (χ1v) is 6.69. The highest BCUT2D eigenvalue weighted by molar-refractivity contribution is 6.03. The molecule has 3 rings (SSSR count). The fourth-order valence-electron chi connectivity index (χ4n) is 2.30. The number of nitrogens with zero attached hydrogens (tertiary/aromatic N) is 1. The van der Waals surface area contributed by atoms with E-state index in [4.69, 9.17) is 0 Å². The lowest BCUT2D eigenvalue weighted by Crippen LogP contribution is -1.87. The third kappa shape index (κ3) is 2.58. The van der Waals surface area contributed by atoms with Crippen LogP contribution in [-0.2, 0) is 0 Å². The molecule has 3 heteroatoms. The summed E-state index contributed by atoms with van der Waals surface area (Å²) in [7, 11) is 0. The Labute approximate surface area is 122 Å². The van der Waals surface area contributed by atoms with Crippen LogP contribution < -0.4 is 0 Å². The van der Waals surface area contributed by atoms with Crippen molar-refractivity contribution in [2.45, 2.75) is 6.92 Å². The lowest BCUT2D eigenvalue weighted by atomic mass is 10.0. The van der Waals surface area contributed by atoms with Crippen LogP contribution in [0.2, 0.25) is 0 Å². The molecule has 0 amide bonds. The van der Waals surface area contributed by atoms with Gasteiger partial charge in [-0.05, 0) is 35.9 Å². The first kappa shape index (κ1) is 13.2. The van der Waals surface area contributed by atoms with Gasteiger partial charge in [-0.25, -0.2) is 0 Å². The SMILES string of the molecule is Cc1ccc2c(C=Nc3ccccc3O)c(O)ccc2c1. The molecule has 0 unspecified atom stereocenters. The Bertz CT molecular complexity index is 838. The third-order valence-electron chi connectivity index (χ3n) is 3.41. The molecular weight excluding hydrogens is 262 g/mol. The molecule has 0 saturated carbocycles. The summed E-state index contributed by atoms with van der Waals surface area (Å²) >= 11 is 0. The van der Waals surface area contributed by atoms with Gasteiger partial charge in [0.05, 0.1) is 0 Å². The van der Waals surface area contributed by atoms with Crippen LogP contribution in [0, 0.1) is 6.92 Å². The van der Waals surface area contributed by atoms with Crippen molar-refractivity contribution in [3.05, 3.63) is 65.7 Å². The molecule has 2 N–H and O–H groups in total. The maximum atomic E-state index is 10.1. The monoisotopic (exact) mass is 277 g/mol. The molecule has 3 nitrogen and oxygen atoms in total. The number of aryl methyl sites for hydroxylation is 1. The fraction of sp³-hybridized carbons (Fsp3) is 0.0556. The largest absolute Gasteiger partial charge is 0.507 e. The number of fused-ring (bicyclic) bond motifs is 1. The Morgan fingerprint density at radius 3 is 2.52 bits per heavy atom. The molecule has 21 heavy (non-hydrogen) atoms. The van der Waals surface area contributed by atoms with Crippen LogP contribution in [0.15, 0.2) is 59.6 Å². The molecule has 0 aliphatic heterocycles. The molecule has 0 saturated heterocycles. The molecule has 0 fully saturated rings. The van der Waals surface area contributed by atoms with Crippen molar-refractivity contribution in [3.8, 4) is 11.5 Å². The van der Waals surface area contributed by atoms with Crippen molar-refractivity contribution in [2.24, 2.45) is 4.99 Å². The minimum Gasteiger partial charge on any atom is -0.507 e. The van der Waals surface area contributed by atoms with Crippen LogP contribution >= 0.6 is 0 Å². The van der Waals surface area contributed by atoms with Gasteiger partial charge >= 0.3 is 0 Å². The number of rotatable bonds is 2. The van der Waals surface area contributed by atoms with Gasteiger partial charge in [0, 0.05) is 11.8 Å². The number of aliphatic imine (C=N–C) groups is 1. The Morgan fingerprint density at radius 2 is 1.71 bits per heavy atom. The molecule has 0 atom stereocenters. The number of hydrogen-bond donors (Lipinski definition) is 2. The van der Waals surface area contributed by atoms with E-state index in [1.165, 1.54) is 0 Å². The molecule has 3 aromatic rings. The van der Waals surface area contributed by atoms with Crippen LogP contribution in [0.4, 0.5) is 5.69 Å². The van der Waals surface area contributed by atoms with Crippen molar-refractivity contribution in [1.82, 2.24) is 0 Å². The molecule has 0 radical (unpaired) electrons. The number of aromatic hydroxyl groups is 2. The van der Waals surface area contributed by atoms with Crippen molar-refractivity contribution in [1.29, 1.82) is 0 Å². The van der Waals surface area contributed by atoms with E-state index in [0.29, 0.717) is 11.3 Å². The van der Waals surface area contributed by atoms with E-state index in [1.54, 1.807) is 36.5 Å². The molecule has 0 aliphatic carbocycles. The summed E-state index contributed by atoms with van der Waals surface area (Å²) in [6.45, 7) is 2.03.